The predicted octanol–water partition coefficient (Wildman–Crippen LogP) is 3.48. The first-order valence-electron chi connectivity index (χ1n) is 8.82. The van der Waals surface area contributed by atoms with Gasteiger partial charge in [0.25, 0.3) is 0 Å². The summed E-state index contributed by atoms with van der Waals surface area (Å²) < 4.78 is 13.0. The molecule has 0 bridgehead atoms. The lowest BCUT2D eigenvalue weighted by molar-refractivity contribution is 0.0678. The van der Waals surface area contributed by atoms with Crippen LogP contribution in [0.15, 0.2) is 37.0 Å². The number of nitrogens with zero attached hydrogens (tertiary/aromatic N) is 3. The Bertz CT molecular complexity index is 705. The van der Waals surface area contributed by atoms with E-state index in [4.69, 9.17) is 9.47 Å². The number of hydrogen-bond acceptors (Lipinski definition) is 4. The minimum Gasteiger partial charge on any atom is -0.497 e. The fourth-order valence-corrected chi connectivity index (χ4v) is 3.33. The van der Waals surface area contributed by atoms with Gasteiger partial charge in [-0.2, -0.15) is 5.10 Å². The smallest absolute Gasteiger partial charge is 0.119 e. The van der Waals surface area contributed by atoms with Crippen molar-refractivity contribution in [2.75, 3.05) is 20.3 Å². The Morgan fingerprint density at radius 3 is 3.00 bits per heavy atom. The SMILES string of the molecule is C=Cn1ncc(CN(Cc2cccc(OC)c2)CC2CCCO2)c1C. The van der Waals surface area contributed by atoms with Crippen LogP contribution in [0.4, 0.5) is 0 Å². The first-order valence-corrected chi connectivity index (χ1v) is 8.82. The summed E-state index contributed by atoms with van der Waals surface area (Å²) in [4.78, 5) is 2.43. The molecule has 0 N–H and O–H groups in total. The van der Waals surface area contributed by atoms with Crippen molar-refractivity contribution in [3.05, 3.63) is 53.9 Å². The van der Waals surface area contributed by atoms with Crippen molar-refractivity contribution in [1.82, 2.24) is 14.7 Å². The highest BCUT2D eigenvalue weighted by atomic mass is 16.5. The summed E-state index contributed by atoms with van der Waals surface area (Å²) in [6.07, 6.45) is 6.29. The molecule has 0 amide bonds. The standard InChI is InChI=1S/C20H27N3O2/c1-4-23-16(2)18(12-21-23)14-22(15-20-9-6-10-25-20)13-17-7-5-8-19(11-17)24-3/h4-5,7-8,11-12,20H,1,6,9-10,13-15H2,2-3H3. The van der Waals surface area contributed by atoms with Gasteiger partial charge in [0.1, 0.15) is 5.75 Å². The number of hydrogen-bond donors (Lipinski definition) is 0. The van der Waals surface area contributed by atoms with Gasteiger partial charge in [0.2, 0.25) is 0 Å². The molecule has 1 unspecified atom stereocenters. The van der Waals surface area contributed by atoms with Crippen LogP contribution in [0, 0.1) is 6.92 Å². The molecule has 5 nitrogen and oxygen atoms in total. The average Bonchev–Trinajstić information content (AvgIpc) is 3.25. The first-order chi connectivity index (χ1) is 12.2. The molecular formula is C20H27N3O2. The van der Waals surface area contributed by atoms with Gasteiger partial charge in [-0.05, 0) is 37.5 Å². The highest BCUT2D eigenvalue weighted by Crippen LogP contribution is 2.20. The number of benzene rings is 1. The maximum Gasteiger partial charge on any atom is 0.119 e. The van der Waals surface area contributed by atoms with Crippen LogP contribution in [-0.4, -0.2) is 41.0 Å². The quantitative estimate of drug-likeness (QED) is 0.737. The summed E-state index contributed by atoms with van der Waals surface area (Å²) in [6, 6.07) is 8.26. The summed E-state index contributed by atoms with van der Waals surface area (Å²) in [5, 5.41) is 4.37. The van der Waals surface area contributed by atoms with Gasteiger partial charge in [-0.1, -0.05) is 18.7 Å². The topological polar surface area (TPSA) is 39.5 Å². The van der Waals surface area contributed by atoms with E-state index in [9.17, 15) is 0 Å². The minimum atomic E-state index is 0.320. The fraction of sp³-hybridized carbons (Fsp3) is 0.450. The second kappa shape index (κ2) is 8.32. The monoisotopic (exact) mass is 341 g/mol. The molecule has 2 aromatic rings. The van der Waals surface area contributed by atoms with Gasteiger partial charge < -0.3 is 9.47 Å². The number of ether oxygens (including phenoxy) is 2. The van der Waals surface area contributed by atoms with Crippen LogP contribution < -0.4 is 4.74 Å². The Morgan fingerprint density at radius 2 is 2.32 bits per heavy atom. The zero-order chi connectivity index (χ0) is 17.6. The van der Waals surface area contributed by atoms with Gasteiger partial charge in [-0.3, -0.25) is 4.90 Å². The Hall–Kier alpha value is -2.11. The summed E-state index contributed by atoms with van der Waals surface area (Å²) in [5.41, 5.74) is 3.60. The molecule has 1 aromatic heterocycles. The normalized spacial score (nSPS) is 17.2. The molecule has 2 heterocycles. The Balaban J connectivity index is 1.75. The lowest BCUT2D eigenvalue weighted by Gasteiger charge is -2.25. The summed E-state index contributed by atoms with van der Waals surface area (Å²) >= 11 is 0. The molecule has 1 fully saturated rings. The van der Waals surface area contributed by atoms with E-state index in [1.165, 1.54) is 11.1 Å². The molecule has 134 valence electrons. The third kappa shape index (κ3) is 4.50. The van der Waals surface area contributed by atoms with Crippen LogP contribution in [-0.2, 0) is 17.8 Å². The molecule has 1 aliphatic heterocycles. The van der Waals surface area contributed by atoms with Crippen LogP contribution in [0.2, 0.25) is 0 Å². The maximum atomic E-state index is 5.86. The molecular weight excluding hydrogens is 314 g/mol. The Kier molecular flexibility index (Phi) is 5.89. The van der Waals surface area contributed by atoms with Crippen LogP contribution >= 0.6 is 0 Å². The summed E-state index contributed by atoms with van der Waals surface area (Å²) in [7, 11) is 1.70. The molecule has 3 rings (SSSR count). The lowest BCUT2D eigenvalue weighted by Crippen LogP contribution is -2.31. The van der Waals surface area contributed by atoms with E-state index in [-0.39, 0.29) is 0 Å². The Labute approximate surface area is 149 Å². The zero-order valence-corrected chi connectivity index (χ0v) is 15.1. The van der Waals surface area contributed by atoms with Gasteiger partial charge in [0.05, 0.1) is 19.4 Å². The van der Waals surface area contributed by atoms with Gasteiger partial charge in [-0.15, -0.1) is 0 Å². The molecule has 0 saturated carbocycles. The Morgan fingerprint density at radius 1 is 1.44 bits per heavy atom. The van der Waals surface area contributed by atoms with Crippen molar-refractivity contribution in [2.24, 2.45) is 0 Å². The minimum absolute atomic E-state index is 0.320. The van der Waals surface area contributed by atoms with Crippen molar-refractivity contribution in [3.63, 3.8) is 0 Å². The summed E-state index contributed by atoms with van der Waals surface area (Å²) in [6.45, 7) is 9.40. The second-order valence-corrected chi connectivity index (χ2v) is 6.54. The number of methoxy groups -OCH3 is 1. The van der Waals surface area contributed by atoms with E-state index in [1.54, 1.807) is 13.3 Å². The third-order valence-electron chi connectivity index (χ3n) is 4.74. The molecule has 0 radical (unpaired) electrons. The maximum absolute atomic E-state index is 5.86. The van der Waals surface area contributed by atoms with E-state index >= 15 is 0 Å². The predicted molar refractivity (Wildman–Crippen MR) is 99.4 cm³/mol. The molecule has 1 aliphatic rings. The molecule has 0 aliphatic carbocycles. The zero-order valence-electron chi connectivity index (χ0n) is 15.1. The van der Waals surface area contributed by atoms with E-state index in [0.29, 0.717) is 6.10 Å². The molecule has 5 heteroatoms. The molecule has 1 saturated heterocycles. The van der Waals surface area contributed by atoms with Gasteiger partial charge in [-0.25, -0.2) is 4.68 Å². The van der Waals surface area contributed by atoms with E-state index in [0.717, 1.165) is 50.5 Å². The average molecular weight is 341 g/mol. The highest BCUT2D eigenvalue weighted by Gasteiger charge is 2.21. The fourth-order valence-electron chi connectivity index (χ4n) is 3.33. The number of rotatable bonds is 8. The van der Waals surface area contributed by atoms with Crippen molar-refractivity contribution in [2.45, 2.75) is 39.0 Å². The van der Waals surface area contributed by atoms with E-state index in [2.05, 4.69) is 35.6 Å². The molecule has 1 atom stereocenters. The largest absolute Gasteiger partial charge is 0.497 e. The van der Waals surface area contributed by atoms with Gasteiger partial charge in [0.15, 0.2) is 0 Å². The van der Waals surface area contributed by atoms with Crippen LogP contribution in [0.25, 0.3) is 6.20 Å². The van der Waals surface area contributed by atoms with Crippen molar-refractivity contribution >= 4 is 6.20 Å². The van der Waals surface area contributed by atoms with Crippen LogP contribution in [0.1, 0.15) is 29.7 Å². The first kappa shape index (κ1) is 17.7. The van der Waals surface area contributed by atoms with Crippen LogP contribution in [0.3, 0.4) is 0 Å². The van der Waals surface area contributed by atoms with Crippen LogP contribution in [0.5, 0.6) is 5.75 Å². The van der Waals surface area contributed by atoms with E-state index in [1.807, 2.05) is 23.0 Å². The second-order valence-electron chi connectivity index (χ2n) is 6.54. The molecule has 1 aromatic carbocycles. The molecule has 25 heavy (non-hydrogen) atoms. The molecule has 0 spiro atoms. The van der Waals surface area contributed by atoms with Crippen molar-refractivity contribution < 1.29 is 9.47 Å². The highest BCUT2D eigenvalue weighted by molar-refractivity contribution is 5.29. The van der Waals surface area contributed by atoms with Gasteiger partial charge >= 0.3 is 0 Å². The van der Waals surface area contributed by atoms with Crippen molar-refractivity contribution in [1.29, 1.82) is 0 Å². The van der Waals surface area contributed by atoms with Gasteiger partial charge in [0, 0.05) is 43.7 Å². The number of aromatic nitrogens is 2. The lowest BCUT2D eigenvalue weighted by atomic mass is 10.1. The summed E-state index contributed by atoms with van der Waals surface area (Å²) in [5.74, 6) is 0.894. The van der Waals surface area contributed by atoms with Crippen molar-refractivity contribution in [3.8, 4) is 5.75 Å². The third-order valence-corrected chi connectivity index (χ3v) is 4.74. The van der Waals surface area contributed by atoms with E-state index < -0.39 is 0 Å².